The van der Waals surface area contributed by atoms with Gasteiger partial charge in [-0.2, -0.15) is 0 Å². The predicted molar refractivity (Wildman–Crippen MR) is 101 cm³/mol. The Labute approximate surface area is 154 Å². The van der Waals surface area contributed by atoms with Gasteiger partial charge in [-0.25, -0.2) is 4.98 Å². The van der Waals surface area contributed by atoms with Gasteiger partial charge < -0.3 is 15.5 Å². The summed E-state index contributed by atoms with van der Waals surface area (Å²) in [6.45, 7) is 9.03. The van der Waals surface area contributed by atoms with E-state index < -0.39 is 0 Å². The van der Waals surface area contributed by atoms with E-state index in [0.29, 0.717) is 17.1 Å². The van der Waals surface area contributed by atoms with Crippen molar-refractivity contribution in [1.29, 1.82) is 0 Å². The molecule has 0 radical (unpaired) electrons. The molecule has 0 aromatic carbocycles. The van der Waals surface area contributed by atoms with Crippen LogP contribution in [0.4, 0.5) is 0 Å². The Bertz CT molecular complexity index is 590. The summed E-state index contributed by atoms with van der Waals surface area (Å²) in [5.74, 6) is -0.0264. The van der Waals surface area contributed by atoms with Crippen molar-refractivity contribution >= 4 is 23.6 Å². The van der Waals surface area contributed by atoms with E-state index in [4.69, 9.17) is 0 Å². The van der Waals surface area contributed by atoms with Crippen molar-refractivity contribution in [3.63, 3.8) is 0 Å². The van der Waals surface area contributed by atoms with Gasteiger partial charge in [-0.3, -0.25) is 9.59 Å². The van der Waals surface area contributed by atoms with Crippen LogP contribution in [0.1, 0.15) is 44.0 Å². The van der Waals surface area contributed by atoms with Gasteiger partial charge in [0.1, 0.15) is 5.03 Å². The molecule has 0 spiro atoms. The number of likely N-dealkylation sites (tertiary alicyclic amines) is 1. The highest BCUT2D eigenvalue weighted by Crippen LogP contribution is 2.26. The van der Waals surface area contributed by atoms with E-state index in [9.17, 15) is 9.59 Å². The first-order valence-corrected chi connectivity index (χ1v) is 9.83. The minimum absolute atomic E-state index is 0.125. The normalized spacial score (nSPS) is 16.5. The van der Waals surface area contributed by atoms with Crippen LogP contribution in [-0.4, -0.2) is 59.2 Å². The van der Waals surface area contributed by atoms with Crippen LogP contribution in [0.5, 0.6) is 0 Å². The molecule has 0 bridgehead atoms. The molecule has 2 N–H and O–H groups in total. The molecule has 138 valence electrons. The third kappa shape index (κ3) is 5.71. The van der Waals surface area contributed by atoms with Crippen molar-refractivity contribution in [1.82, 2.24) is 20.5 Å². The van der Waals surface area contributed by atoms with Gasteiger partial charge in [-0.05, 0) is 45.4 Å². The number of nitrogens with zero attached hydrogens (tertiary/aromatic N) is 2. The summed E-state index contributed by atoms with van der Waals surface area (Å²) in [5.41, 5.74) is 0.525. The van der Waals surface area contributed by atoms with E-state index in [1.165, 1.54) is 11.8 Å². The topological polar surface area (TPSA) is 74.3 Å². The predicted octanol–water partition coefficient (Wildman–Crippen LogP) is 1.91. The van der Waals surface area contributed by atoms with Crippen molar-refractivity contribution < 1.29 is 9.59 Å². The van der Waals surface area contributed by atoms with Gasteiger partial charge in [0.05, 0.1) is 10.8 Å². The largest absolute Gasteiger partial charge is 0.350 e. The number of aromatic nitrogens is 1. The number of carbonyl (C=O) groups excluding carboxylic acids is 2. The SMILES string of the molecule is CCN[C@H](C)CNC(=O)c1cccnc1SC(C)C(=O)N1CCCC1. The number of hydrogen-bond acceptors (Lipinski definition) is 5. The van der Waals surface area contributed by atoms with E-state index in [-0.39, 0.29) is 23.1 Å². The molecule has 1 aliphatic heterocycles. The molecule has 1 saturated heterocycles. The summed E-state index contributed by atoms with van der Waals surface area (Å²) in [6, 6.07) is 3.72. The summed E-state index contributed by atoms with van der Waals surface area (Å²) >= 11 is 1.36. The number of likely N-dealkylation sites (N-methyl/N-ethyl adjacent to an activating group) is 1. The summed E-state index contributed by atoms with van der Waals surface area (Å²) in [7, 11) is 0. The molecule has 1 aromatic heterocycles. The van der Waals surface area contributed by atoms with Crippen molar-refractivity contribution in [2.24, 2.45) is 0 Å². The highest BCUT2D eigenvalue weighted by molar-refractivity contribution is 8.00. The smallest absolute Gasteiger partial charge is 0.254 e. The van der Waals surface area contributed by atoms with E-state index in [1.54, 1.807) is 18.3 Å². The van der Waals surface area contributed by atoms with Crippen molar-refractivity contribution in [2.75, 3.05) is 26.2 Å². The van der Waals surface area contributed by atoms with Crippen molar-refractivity contribution in [3.05, 3.63) is 23.9 Å². The average molecular weight is 365 g/mol. The zero-order chi connectivity index (χ0) is 18.2. The first-order chi connectivity index (χ1) is 12.0. The highest BCUT2D eigenvalue weighted by atomic mass is 32.2. The molecule has 7 heteroatoms. The zero-order valence-electron chi connectivity index (χ0n) is 15.2. The molecule has 0 aliphatic carbocycles. The first-order valence-electron chi connectivity index (χ1n) is 8.95. The second kappa shape index (κ2) is 9.77. The second-order valence-corrected chi connectivity index (χ2v) is 7.65. The highest BCUT2D eigenvalue weighted by Gasteiger charge is 2.25. The fourth-order valence-corrected chi connectivity index (χ4v) is 3.83. The van der Waals surface area contributed by atoms with Crippen LogP contribution in [-0.2, 0) is 4.79 Å². The van der Waals surface area contributed by atoms with Gasteiger partial charge in [0.25, 0.3) is 5.91 Å². The van der Waals surface area contributed by atoms with Crippen LogP contribution < -0.4 is 10.6 Å². The molecule has 2 heterocycles. The molecule has 1 aliphatic rings. The molecule has 0 saturated carbocycles. The van der Waals surface area contributed by atoms with Gasteiger partial charge in [-0.1, -0.05) is 18.7 Å². The Balaban J connectivity index is 1.99. The number of thioether (sulfide) groups is 1. The first kappa shape index (κ1) is 19.7. The standard InChI is InChI=1S/C18H28N4O2S/c1-4-19-13(2)12-21-16(23)15-8-7-9-20-17(15)25-14(3)18(24)22-10-5-6-11-22/h7-9,13-14,19H,4-6,10-12H2,1-3H3,(H,21,23)/t13-,14?/m1/s1. The number of amides is 2. The Morgan fingerprint density at radius 1 is 1.32 bits per heavy atom. The van der Waals surface area contributed by atoms with Crippen molar-refractivity contribution in [3.8, 4) is 0 Å². The molecule has 6 nitrogen and oxygen atoms in total. The van der Waals surface area contributed by atoms with Gasteiger partial charge in [0.2, 0.25) is 5.91 Å². The van der Waals surface area contributed by atoms with Gasteiger partial charge in [0.15, 0.2) is 0 Å². The fourth-order valence-electron chi connectivity index (χ4n) is 2.83. The Kier molecular flexibility index (Phi) is 7.71. The lowest BCUT2D eigenvalue weighted by molar-refractivity contribution is -0.129. The van der Waals surface area contributed by atoms with E-state index in [2.05, 4.69) is 15.6 Å². The number of carbonyl (C=O) groups is 2. The Morgan fingerprint density at radius 3 is 2.72 bits per heavy atom. The molecular formula is C18H28N4O2S. The monoisotopic (exact) mass is 364 g/mol. The summed E-state index contributed by atoms with van der Waals surface area (Å²) in [4.78, 5) is 31.2. The summed E-state index contributed by atoms with van der Waals surface area (Å²) in [6.07, 6.45) is 3.81. The van der Waals surface area contributed by atoms with Crippen molar-refractivity contribution in [2.45, 2.75) is 49.9 Å². The Morgan fingerprint density at radius 2 is 2.04 bits per heavy atom. The fraction of sp³-hybridized carbons (Fsp3) is 0.611. The van der Waals surface area contributed by atoms with Crippen LogP contribution in [0.25, 0.3) is 0 Å². The molecule has 1 aromatic rings. The number of hydrogen-bond donors (Lipinski definition) is 2. The maximum Gasteiger partial charge on any atom is 0.254 e. The van der Waals surface area contributed by atoms with E-state index >= 15 is 0 Å². The van der Waals surface area contributed by atoms with Crippen LogP contribution in [0.3, 0.4) is 0 Å². The van der Waals surface area contributed by atoms with E-state index in [0.717, 1.165) is 32.5 Å². The molecule has 25 heavy (non-hydrogen) atoms. The third-order valence-corrected chi connectivity index (χ3v) is 5.29. The number of pyridine rings is 1. The summed E-state index contributed by atoms with van der Waals surface area (Å²) in [5, 5.41) is 6.55. The molecule has 2 rings (SSSR count). The molecule has 1 unspecified atom stereocenters. The lowest BCUT2D eigenvalue weighted by Gasteiger charge is -2.20. The lowest BCUT2D eigenvalue weighted by atomic mass is 10.2. The van der Waals surface area contributed by atoms with Gasteiger partial charge in [0, 0.05) is 31.9 Å². The number of rotatable bonds is 8. The molecule has 2 atom stereocenters. The average Bonchev–Trinajstić information content (AvgIpc) is 3.14. The molecule has 1 fully saturated rings. The summed E-state index contributed by atoms with van der Waals surface area (Å²) < 4.78 is 0. The van der Waals surface area contributed by atoms with Crippen LogP contribution in [0, 0.1) is 0 Å². The lowest BCUT2D eigenvalue weighted by Crippen LogP contribution is -2.39. The number of nitrogens with one attached hydrogen (secondary N) is 2. The minimum Gasteiger partial charge on any atom is -0.350 e. The van der Waals surface area contributed by atoms with Crippen LogP contribution >= 0.6 is 11.8 Å². The second-order valence-electron chi connectivity index (χ2n) is 6.32. The third-order valence-electron chi connectivity index (χ3n) is 4.19. The van der Waals surface area contributed by atoms with E-state index in [1.807, 2.05) is 25.7 Å². The zero-order valence-corrected chi connectivity index (χ0v) is 16.1. The van der Waals surface area contributed by atoms with Gasteiger partial charge >= 0.3 is 0 Å². The maximum absolute atomic E-state index is 12.5. The minimum atomic E-state index is -0.250. The molecule has 2 amide bonds. The quantitative estimate of drug-likeness (QED) is 0.689. The maximum atomic E-state index is 12.5. The molecular weight excluding hydrogens is 336 g/mol. The van der Waals surface area contributed by atoms with Crippen LogP contribution in [0.2, 0.25) is 0 Å². The van der Waals surface area contributed by atoms with Crippen LogP contribution in [0.15, 0.2) is 23.4 Å². The van der Waals surface area contributed by atoms with Gasteiger partial charge in [-0.15, -0.1) is 0 Å². The Hall–Kier alpha value is -1.60.